The predicted molar refractivity (Wildman–Crippen MR) is 248 cm³/mol. The quantitative estimate of drug-likeness (QED) is 0.156. The molecule has 0 N–H and O–H groups in total. The van der Waals surface area contributed by atoms with Gasteiger partial charge in [-0.15, -0.1) is 54.1 Å². The van der Waals surface area contributed by atoms with Gasteiger partial charge in [0.15, 0.2) is 0 Å². The van der Waals surface area contributed by atoms with Gasteiger partial charge in [0.1, 0.15) is 11.2 Å². The van der Waals surface area contributed by atoms with Crippen molar-refractivity contribution in [3.8, 4) is 39.5 Å². The summed E-state index contributed by atoms with van der Waals surface area (Å²) in [5.41, 5.74) is 13.3. The first kappa shape index (κ1) is 39.3. The second-order valence-electron chi connectivity index (χ2n) is 15.6. The molecule has 295 valence electrons. The van der Waals surface area contributed by atoms with Crippen LogP contribution in [-0.4, -0.2) is 14.5 Å². The van der Waals surface area contributed by atoms with Gasteiger partial charge in [-0.1, -0.05) is 111 Å². The van der Waals surface area contributed by atoms with Gasteiger partial charge < -0.3 is 14.0 Å². The van der Waals surface area contributed by atoms with Crippen molar-refractivity contribution in [2.75, 3.05) is 0 Å². The number of hydrogen-bond acceptors (Lipinski definition) is 4. The number of rotatable bonds is 6. The second kappa shape index (κ2) is 16.5. The summed E-state index contributed by atoms with van der Waals surface area (Å²) >= 11 is 1.82. The summed E-state index contributed by atoms with van der Waals surface area (Å²) in [7, 11) is 0. The SMILES string of the molecule is CC(C)c1cc(-c2ccccc2)cc(C(C)C)c1-n1c(-c2[c-]ccc3c2sc2cc4c(cc23)oc2ccccc24)nc2ccccc21.[Ir].[c-]1ccccc1-c1ccccn1. The fourth-order valence-electron chi connectivity index (χ4n) is 8.24. The smallest absolute Gasteiger partial charge is 0.136 e. The number of fused-ring (bicyclic) bond motifs is 7. The maximum Gasteiger partial charge on any atom is 0.136 e. The third-order valence-corrected chi connectivity index (χ3v) is 12.3. The Morgan fingerprint density at radius 3 is 2.08 bits per heavy atom. The molecular formula is C54H41IrN3OS-2. The molecule has 60 heavy (non-hydrogen) atoms. The first-order chi connectivity index (χ1) is 28.9. The van der Waals surface area contributed by atoms with Gasteiger partial charge >= 0.3 is 0 Å². The third-order valence-electron chi connectivity index (χ3n) is 11.1. The summed E-state index contributed by atoms with van der Waals surface area (Å²) in [6.07, 6.45) is 1.79. The van der Waals surface area contributed by atoms with Crippen molar-refractivity contribution in [3.05, 3.63) is 187 Å². The fourth-order valence-corrected chi connectivity index (χ4v) is 9.45. The first-order valence-electron chi connectivity index (χ1n) is 20.2. The monoisotopic (exact) mass is 972 g/mol. The third kappa shape index (κ3) is 7.05. The van der Waals surface area contributed by atoms with Gasteiger partial charge in [-0.2, -0.15) is 11.3 Å². The number of furan rings is 1. The van der Waals surface area contributed by atoms with Crippen LogP contribution in [0, 0.1) is 12.1 Å². The van der Waals surface area contributed by atoms with Gasteiger partial charge in [-0.3, -0.25) is 4.98 Å². The minimum atomic E-state index is 0. The summed E-state index contributed by atoms with van der Waals surface area (Å²) in [6, 6.07) is 61.6. The average molecular weight is 972 g/mol. The Balaban J connectivity index is 0.000000306. The number of benzene rings is 7. The van der Waals surface area contributed by atoms with Crippen LogP contribution >= 0.6 is 11.3 Å². The zero-order chi connectivity index (χ0) is 40.0. The molecule has 6 heteroatoms. The van der Waals surface area contributed by atoms with Crippen molar-refractivity contribution in [3.63, 3.8) is 0 Å². The molecule has 0 atom stereocenters. The van der Waals surface area contributed by atoms with E-state index in [0.29, 0.717) is 11.8 Å². The Morgan fingerprint density at radius 2 is 1.33 bits per heavy atom. The van der Waals surface area contributed by atoms with Gasteiger partial charge in [0.05, 0.1) is 16.9 Å². The maximum atomic E-state index is 6.30. The molecule has 4 aromatic heterocycles. The Hall–Kier alpha value is -6.17. The van der Waals surface area contributed by atoms with Gasteiger partial charge in [-0.25, -0.2) is 0 Å². The van der Waals surface area contributed by atoms with Crippen LogP contribution in [0.4, 0.5) is 0 Å². The molecule has 11 aromatic rings. The van der Waals surface area contributed by atoms with Crippen LogP contribution in [0.5, 0.6) is 0 Å². The molecule has 0 aliphatic carbocycles. The Labute approximate surface area is 367 Å². The molecule has 7 aromatic carbocycles. The van der Waals surface area contributed by atoms with E-state index in [2.05, 4.69) is 153 Å². The van der Waals surface area contributed by atoms with Crippen LogP contribution in [0.3, 0.4) is 0 Å². The molecule has 11 rings (SSSR count). The van der Waals surface area contributed by atoms with Crippen molar-refractivity contribution in [1.82, 2.24) is 14.5 Å². The van der Waals surface area contributed by atoms with Crippen LogP contribution in [-0.2, 0) is 20.1 Å². The molecule has 0 aliphatic heterocycles. The molecule has 0 unspecified atom stereocenters. The number of nitrogens with zero attached hydrogens (tertiary/aromatic N) is 3. The predicted octanol–water partition coefficient (Wildman–Crippen LogP) is 15.2. The molecule has 0 amide bonds. The number of para-hydroxylation sites is 3. The zero-order valence-electron chi connectivity index (χ0n) is 33.7. The molecule has 0 spiro atoms. The molecule has 0 fully saturated rings. The van der Waals surface area contributed by atoms with E-state index in [0.717, 1.165) is 55.6 Å². The van der Waals surface area contributed by atoms with E-state index in [4.69, 9.17) is 9.40 Å². The van der Waals surface area contributed by atoms with E-state index < -0.39 is 0 Å². The van der Waals surface area contributed by atoms with Gasteiger partial charge in [-0.05, 0) is 98.4 Å². The van der Waals surface area contributed by atoms with E-state index in [1.54, 1.807) is 6.20 Å². The minimum absolute atomic E-state index is 0. The Kier molecular flexibility index (Phi) is 10.8. The van der Waals surface area contributed by atoms with E-state index in [9.17, 15) is 0 Å². The van der Waals surface area contributed by atoms with Crippen LogP contribution in [0.1, 0.15) is 50.7 Å². The fraction of sp³-hybridized carbons (Fsp3) is 0.111. The molecule has 4 nitrogen and oxygen atoms in total. The summed E-state index contributed by atoms with van der Waals surface area (Å²) in [5.74, 6) is 1.53. The topological polar surface area (TPSA) is 43.9 Å². The molecule has 4 heterocycles. The average Bonchev–Trinajstić information content (AvgIpc) is 3.97. The number of thiophene rings is 1. The first-order valence-corrected chi connectivity index (χ1v) is 21.0. The Morgan fingerprint density at radius 1 is 0.600 bits per heavy atom. The molecule has 0 saturated heterocycles. The number of pyridine rings is 1. The minimum Gasteiger partial charge on any atom is -0.456 e. The summed E-state index contributed by atoms with van der Waals surface area (Å²) in [4.78, 5) is 9.58. The van der Waals surface area contributed by atoms with Crippen LogP contribution < -0.4 is 0 Å². The van der Waals surface area contributed by atoms with E-state index in [1.165, 1.54) is 48.1 Å². The second-order valence-corrected chi connectivity index (χ2v) is 16.6. The van der Waals surface area contributed by atoms with Gasteiger partial charge in [0.2, 0.25) is 0 Å². The number of hydrogen-bond donors (Lipinski definition) is 0. The molecule has 0 saturated carbocycles. The molecule has 0 bridgehead atoms. The van der Waals surface area contributed by atoms with Crippen LogP contribution in [0.2, 0.25) is 0 Å². The van der Waals surface area contributed by atoms with Crippen molar-refractivity contribution < 1.29 is 24.5 Å². The van der Waals surface area contributed by atoms with E-state index >= 15 is 0 Å². The zero-order valence-corrected chi connectivity index (χ0v) is 36.9. The normalized spacial score (nSPS) is 11.5. The van der Waals surface area contributed by atoms with Crippen molar-refractivity contribution in [2.24, 2.45) is 0 Å². The van der Waals surface area contributed by atoms with Gasteiger partial charge in [0.25, 0.3) is 0 Å². The van der Waals surface area contributed by atoms with E-state index in [-0.39, 0.29) is 20.1 Å². The van der Waals surface area contributed by atoms with Crippen molar-refractivity contribution in [2.45, 2.75) is 39.5 Å². The standard InChI is InChI=1S/C43H33N2OS.C11H8N.Ir/c1-25(2)32-21-28(27-13-6-5-7-14-27)22-33(26(3)4)41(32)45-37-19-10-9-18-36(37)44-43(45)31-17-12-16-30-35-23-39-34(24-40(35)47-42(30)31)29-15-8-11-20-38(29)46-39;1-2-6-10(7-3-1)11-8-4-5-9-12-11;/h5-16,18-26H,1-4H3;1-6,8-9H;/q2*-1;. The molecule has 1 radical (unpaired) electrons. The summed E-state index contributed by atoms with van der Waals surface area (Å²) < 4.78 is 11.1. The number of aromatic nitrogens is 3. The van der Waals surface area contributed by atoms with Crippen molar-refractivity contribution in [1.29, 1.82) is 0 Å². The summed E-state index contributed by atoms with van der Waals surface area (Å²) in [5, 5.41) is 4.70. The van der Waals surface area contributed by atoms with Gasteiger partial charge in [0, 0.05) is 47.5 Å². The van der Waals surface area contributed by atoms with Crippen LogP contribution in [0.15, 0.2) is 168 Å². The van der Waals surface area contributed by atoms with Crippen molar-refractivity contribution >= 4 is 64.5 Å². The maximum absolute atomic E-state index is 6.30. The van der Waals surface area contributed by atoms with E-state index in [1.807, 2.05) is 65.9 Å². The largest absolute Gasteiger partial charge is 0.456 e. The number of imidazole rings is 1. The summed E-state index contributed by atoms with van der Waals surface area (Å²) in [6.45, 7) is 9.20. The Bertz CT molecular complexity index is 3210. The molecule has 0 aliphatic rings. The van der Waals surface area contributed by atoms with Crippen LogP contribution in [0.25, 0.3) is 92.6 Å². The molecular weight excluding hydrogens is 931 g/mol.